The summed E-state index contributed by atoms with van der Waals surface area (Å²) < 4.78 is 17.0. The lowest BCUT2D eigenvalue weighted by Crippen LogP contribution is -2.30. The van der Waals surface area contributed by atoms with Crippen molar-refractivity contribution in [3.05, 3.63) is 60.8 Å². The smallest absolute Gasteiger partial charge is 0.306 e. The Kier molecular flexibility index (Phi) is 69.1. The van der Waals surface area contributed by atoms with E-state index >= 15 is 0 Å². The van der Waals surface area contributed by atoms with Gasteiger partial charge in [0.2, 0.25) is 0 Å². The van der Waals surface area contributed by atoms with Crippen LogP contribution in [0.15, 0.2) is 60.8 Å². The molecule has 484 valence electrons. The standard InChI is InChI=1S/C77H140O6/c1-4-7-10-13-16-19-22-25-28-31-33-35-36-37-38-39-40-42-43-46-49-52-55-58-61-64-67-70-76(79)82-73-74(72-81-75(78)69-66-63-60-57-54-51-48-45-30-27-24-21-18-15-12-9-6-3)83-77(80)71-68-65-62-59-56-53-50-47-44-41-34-32-29-26-23-20-17-14-11-8-5-2/h9,12,18,21,27,30-34,74H,4-8,10-11,13-17,19-20,22-26,28-29,35-73H2,1-3H3/b12-9-,21-18-,30-27-,33-31-,34-32-. The molecular weight excluding hydrogens is 1020 g/mol. The van der Waals surface area contributed by atoms with Gasteiger partial charge in [-0.05, 0) is 103 Å². The Morgan fingerprint density at radius 1 is 0.253 bits per heavy atom. The van der Waals surface area contributed by atoms with E-state index in [1.807, 2.05) is 0 Å². The van der Waals surface area contributed by atoms with Gasteiger partial charge in [0.15, 0.2) is 6.10 Å². The summed E-state index contributed by atoms with van der Waals surface area (Å²) in [6, 6.07) is 0. The van der Waals surface area contributed by atoms with Crippen LogP contribution < -0.4 is 0 Å². The summed E-state index contributed by atoms with van der Waals surface area (Å²) in [4.78, 5) is 38.5. The van der Waals surface area contributed by atoms with E-state index in [2.05, 4.69) is 81.5 Å². The van der Waals surface area contributed by atoms with E-state index in [4.69, 9.17) is 14.2 Å². The maximum absolute atomic E-state index is 13.0. The number of carbonyl (C=O) groups excluding carboxylic acids is 3. The third-order valence-electron chi connectivity index (χ3n) is 16.5. The van der Waals surface area contributed by atoms with Gasteiger partial charge in [-0.15, -0.1) is 0 Å². The van der Waals surface area contributed by atoms with Crippen LogP contribution in [0, 0.1) is 0 Å². The van der Waals surface area contributed by atoms with Crippen LogP contribution in [0.3, 0.4) is 0 Å². The second kappa shape index (κ2) is 71.6. The minimum atomic E-state index is -0.781. The van der Waals surface area contributed by atoms with E-state index in [-0.39, 0.29) is 31.1 Å². The molecule has 0 aromatic heterocycles. The van der Waals surface area contributed by atoms with Gasteiger partial charge in [-0.25, -0.2) is 0 Å². The largest absolute Gasteiger partial charge is 0.462 e. The number of rotatable bonds is 68. The molecular formula is C77H140O6. The first-order valence-corrected chi connectivity index (χ1v) is 36.8. The van der Waals surface area contributed by atoms with Gasteiger partial charge in [0.1, 0.15) is 13.2 Å². The van der Waals surface area contributed by atoms with Gasteiger partial charge in [-0.3, -0.25) is 14.4 Å². The number of unbranched alkanes of at least 4 members (excludes halogenated alkanes) is 47. The molecule has 0 saturated carbocycles. The minimum absolute atomic E-state index is 0.0748. The van der Waals surface area contributed by atoms with Crippen molar-refractivity contribution in [1.82, 2.24) is 0 Å². The van der Waals surface area contributed by atoms with Gasteiger partial charge >= 0.3 is 17.9 Å². The lowest BCUT2D eigenvalue weighted by Gasteiger charge is -2.18. The molecule has 0 radical (unpaired) electrons. The van der Waals surface area contributed by atoms with Crippen LogP contribution in [-0.4, -0.2) is 37.2 Å². The second-order valence-electron chi connectivity index (χ2n) is 24.8. The summed E-state index contributed by atoms with van der Waals surface area (Å²) in [6.45, 7) is 6.59. The van der Waals surface area contributed by atoms with Crippen molar-refractivity contribution in [1.29, 1.82) is 0 Å². The number of hydrogen-bond acceptors (Lipinski definition) is 6. The maximum atomic E-state index is 13.0. The Labute approximate surface area is 517 Å². The number of allylic oxidation sites excluding steroid dienone is 10. The minimum Gasteiger partial charge on any atom is -0.462 e. The molecule has 0 aromatic carbocycles. The molecule has 0 aliphatic carbocycles. The number of carbonyl (C=O) groups is 3. The number of hydrogen-bond donors (Lipinski definition) is 0. The van der Waals surface area contributed by atoms with Crippen LogP contribution in [0.1, 0.15) is 393 Å². The van der Waals surface area contributed by atoms with Gasteiger partial charge in [0.05, 0.1) is 0 Å². The van der Waals surface area contributed by atoms with Crippen LogP contribution in [0.25, 0.3) is 0 Å². The van der Waals surface area contributed by atoms with E-state index in [0.29, 0.717) is 19.3 Å². The highest BCUT2D eigenvalue weighted by Gasteiger charge is 2.19. The molecule has 1 atom stereocenters. The predicted molar refractivity (Wildman–Crippen MR) is 362 cm³/mol. The molecule has 83 heavy (non-hydrogen) atoms. The van der Waals surface area contributed by atoms with Gasteiger partial charge in [-0.2, -0.15) is 0 Å². The van der Waals surface area contributed by atoms with E-state index in [9.17, 15) is 14.4 Å². The summed E-state index contributed by atoms with van der Waals surface area (Å²) in [5.74, 6) is -0.862. The maximum Gasteiger partial charge on any atom is 0.306 e. The average Bonchev–Trinajstić information content (AvgIpc) is 3.50. The van der Waals surface area contributed by atoms with E-state index in [1.165, 1.54) is 270 Å². The van der Waals surface area contributed by atoms with Crippen molar-refractivity contribution in [3.8, 4) is 0 Å². The highest BCUT2D eigenvalue weighted by Crippen LogP contribution is 2.18. The molecule has 0 bridgehead atoms. The zero-order valence-corrected chi connectivity index (χ0v) is 55.7. The number of ether oxygens (including phenoxy) is 3. The lowest BCUT2D eigenvalue weighted by atomic mass is 10.0. The van der Waals surface area contributed by atoms with Gasteiger partial charge in [0.25, 0.3) is 0 Å². The molecule has 0 spiro atoms. The van der Waals surface area contributed by atoms with Gasteiger partial charge in [-0.1, -0.05) is 332 Å². The van der Waals surface area contributed by atoms with Gasteiger partial charge in [0, 0.05) is 19.3 Å². The molecule has 0 fully saturated rings. The summed E-state index contributed by atoms with van der Waals surface area (Å²) >= 11 is 0. The molecule has 0 amide bonds. The molecule has 0 heterocycles. The first-order chi connectivity index (χ1) is 41.0. The molecule has 0 rings (SSSR count). The first kappa shape index (κ1) is 80.1. The van der Waals surface area contributed by atoms with E-state index < -0.39 is 6.10 Å². The molecule has 0 N–H and O–H groups in total. The highest BCUT2D eigenvalue weighted by molar-refractivity contribution is 5.71. The predicted octanol–water partition coefficient (Wildman–Crippen LogP) is 25.5. The Balaban J connectivity index is 4.29. The van der Waals surface area contributed by atoms with Crippen molar-refractivity contribution in [2.24, 2.45) is 0 Å². The van der Waals surface area contributed by atoms with Crippen LogP contribution >= 0.6 is 0 Å². The second-order valence-corrected chi connectivity index (χ2v) is 24.8. The fourth-order valence-corrected chi connectivity index (χ4v) is 11.0. The molecule has 6 nitrogen and oxygen atoms in total. The molecule has 0 saturated heterocycles. The van der Waals surface area contributed by atoms with Crippen molar-refractivity contribution in [2.45, 2.75) is 399 Å². The zero-order valence-electron chi connectivity index (χ0n) is 55.7. The summed E-state index contributed by atoms with van der Waals surface area (Å²) in [6.07, 6.45) is 92.6. The number of esters is 3. The molecule has 0 aromatic rings. The lowest BCUT2D eigenvalue weighted by molar-refractivity contribution is -0.167. The Morgan fingerprint density at radius 2 is 0.470 bits per heavy atom. The van der Waals surface area contributed by atoms with Crippen molar-refractivity contribution in [3.63, 3.8) is 0 Å². The normalized spacial score (nSPS) is 12.4. The fourth-order valence-electron chi connectivity index (χ4n) is 11.0. The average molecular weight is 1160 g/mol. The van der Waals surface area contributed by atoms with Crippen LogP contribution in [0.4, 0.5) is 0 Å². The Hall–Kier alpha value is -2.89. The SMILES string of the molecule is CC/C=C\C/C=C\C/C=C\CCCCCCCCCC(=O)OCC(COC(=O)CCCCCCCCCCCCCCCCC/C=C\CCCCCCCCCC)OC(=O)CCCCCCCCCCC/C=C\CCCCCCCCCC. The monoisotopic (exact) mass is 1160 g/mol. The Bertz CT molecular complexity index is 1470. The first-order valence-electron chi connectivity index (χ1n) is 36.8. The summed E-state index contributed by atoms with van der Waals surface area (Å²) in [7, 11) is 0. The van der Waals surface area contributed by atoms with Crippen molar-refractivity contribution in [2.75, 3.05) is 13.2 Å². The summed E-state index contributed by atoms with van der Waals surface area (Å²) in [5.41, 5.74) is 0. The van der Waals surface area contributed by atoms with Crippen molar-refractivity contribution < 1.29 is 28.6 Å². The third-order valence-corrected chi connectivity index (χ3v) is 16.5. The van der Waals surface area contributed by atoms with Crippen molar-refractivity contribution >= 4 is 17.9 Å². The zero-order chi connectivity index (χ0) is 59.9. The molecule has 0 aliphatic rings. The fraction of sp³-hybridized carbons (Fsp3) is 0.831. The topological polar surface area (TPSA) is 78.9 Å². The van der Waals surface area contributed by atoms with Crippen LogP contribution in [0.5, 0.6) is 0 Å². The summed E-state index contributed by atoms with van der Waals surface area (Å²) in [5, 5.41) is 0. The van der Waals surface area contributed by atoms with Crippen LogP contribution in [0.2, 0.25) is 0 Å². The quantitative estimate of drug-likeness (QED) is 0.0261. The molecule has 0 aliphatic heterocycles. The highest BCUT2D eigenvalue weighted by atomic mass is 16.6. The van der Waals surface area contributed by atoms with E-state index in [0.717, 1.165) is 83.5 Å². The van der Waals surface area contributed by atoms with Crippen LogP contribution in [-0.2, 0) is 28.6 Å². The van der Waals surface area contributed by atoms with E-state index in [1.54, 1.807) is 0 Å². The van der Waals surface area contributed by atoms with Gasteiger partial charge < -0.3 is 14.2 Å². The molecule has 1 unspecified atom stereocenters. The molecule has 6 heteroatoms. The Morgan fingerprint density at radius 3 is 0.747 bits per heavy atom. The third kappa shape index (κ3) is 69.8.